The Morgan fingerprint density at radius 1 is 1.29 bits per heavy atom. The summed E-state index contributed by atoms with van der Waals surface area (Å²) in [5, 5.41) is 8.76. The van der Waals surface area contributed by atoms with Crippen molar-refractivity contribution >= 4 is 10.9 Å². The molecule has 0 radical (unpaired) electrons. The van der Waals surface area contributed by atoms with E-state index in [1.54, 1.807) is 12.4 Å². The predicted molar refractivity (Wildman–Crippen MR) is 62.0 cm³/mol. The molecule has 0 saturated heterocycles. The normalized spacial score (nSPS) is 11.2. The molecule has 2 heterocycles. The molecule has 5 heteroatoms. The third-order valence-corrected chi connectivity index (χ3v) is 2.85. The molecule has 0 bridgehead atoms. The molecule has 4 nitrogen and oxygen atoms in total. The lowest BCUT2D eigenvalue weighted by molar-refractivity contribution is 0.629. The van der Waals surface area contributed by atoms with Crippen LogP contribution < -0.4 is 0 Å². The lowest BCUT2D eigenvalue weighted by Crippen LogP contribution is -2.04. The molecule has 2 aromatic heterocycles. The van der Waals surface area contributed by atoms with Crippen molar-refractivity contribution in [2.24, 2.45) is 7.05 Å². The van der Waals surface area contributed by atoms with Crippen LogP contribution in [0.1, 0.15) is 5.82 Å². The molecule has 17 heavy (non-hydrogen) atoms. The van der Waals surface area contributed by atoms with Gasteiger partial charge in [-0.15, -0.1) is 10.2 Å². The van der Waals surface area contributed by atoms with Crippen molar-refractivity contribution < 1.29 is 4.39 Å². The van der Waals surface area contributed by atoms with Crippen LogP contribution in [-0.4, -0.2) is 19.3 Å². The number of nitrogens with zero attached hydrogens (tertiary/aromatic N) is 4. The summed E-state index contributed by atoms with van der Waals surface area (Å²) in [5.41, 5.74) is 0.995. The molecule has 3 aromatic rings. The second kappa shape index (κ2) is 3.69. The standard InChI is InChI=1S/C12H11FN4/c1-16-8-14-15-12(16)7-17-5-4-9-6-10(13)2-3-11(9)17/h2-6,8H,7H2,1H3. The van der Waals surface area contributed by atoms with Gasteiger partial charge in [0.25, 0.3) is 0 Å². The van der Waals surface area contributed by atoms with Crippen molar-refractivity contribution in [3.63, 3.8) is 0 Å². The first kappa shape index (κ1) is 10.0. The maximum absolute atomic E-state index is 13.1. The highest BCUT2D eigenvalue weighted by atomic mass is 19.1. The first-order valence-electron chi connectivity index (χ1n) is 5.31. The summed E-state index contributed by atoms with van der Waals surface area (Å²) < 4.78 is 16.9. The smallest absolute Gasteiger partial charge is 0.152 e. The summed E-state index contributed by atoms with van der Waals surface area (Å²) in [6.45, 7) is 0.631. The Labute approximate surface area is 97.3 Å². The molecule has 0 saturated carbocycles. The van der Waals surface area contributed by atoms with Crippen LogP contribution in [0.15, 0.2) is 36.8 Å². The highest BCUT2D eigenvalue weighted by Crippen LogP contribution is 2.17. The van der Waals surface area contributed by atoms with Crippen molar-refractivity contribution in [1.82, 2.24) is 19.3 Å². The van der Waals surface area contributed by atoms with Gasteiger partial charge in [-0.3, -0.25) is 0 Å². The second-order valence-corrected chi connectivity index (χ2v) is 4.00. The van der Waals surface area contributed by atoms with Gasteiger partial charge in [-0.2, -0.15) is 0 Å². The molecule has 0 N–H and O–H groups in total. The third kappa shape index (κ3) is 1.69. The topological polar surface area (TPSA) is 35.6 Å². The lowest BCUT2D eigenvalue weighted by atomic mass is 10.2. The van der Waals surface area contributed by atoms with E-state index in [0.29, 0.717) is 6.54 Å². The number of aryl methyl sites for hydroxylation is 1. The number of benzene rings is 1. The second-order valence-electron chi connectivity index (χ2n) is 4.00. The Balaban J connectivity index is 2.04. The summed E-state index contributed by atoms with van der Waals surface area (Å²) in [6.07, 6.45) is 3.60. The van der Waals surface area contributed by atoms with E-state index in [9.17, 15) is 4.39 Å². The molecular weight excluding hydrogens is 219 g/mol. The molecule has 86 valence electrons. The molecule has 0 fully saturated rings. The summed E-state index contributed by atoms with van der Waals surface area (Å²) in [5.74, 6) is 0.653. The zero-order valence-corrected chi connectivity index (χ0v) is 9.34. The minimum atomic E-state index is -0.214. The molecule has 0 aliphatic carbocycles. The Morgan fingerprint density at radius 2 is 2.18 bits per heavy atom. The highest BCUT2D eigenvalue weighted by Gasteiger charge is 2.05. The van der Waals surface area contributed by atoms with Crippen LogP contribution >= 0.6 is 0 Å². The van der Waals surface area contributed by atoms with E-state index < -0.39 is 0 Å². The zero-order chi connectivity index (χ0) is 11.8. The molecule has 0 atom stereocenters. The molecular formula is C12H11FN4. The number of rotatable bonds is 2. The lowest BCUT2D eigenvalue weighted by Gasteiger charge is -2.04. The summed E-state index contributed by atoms with van der Waals surface area (Å²) in [4.78, 5) is 0. The zero-order valence-electron chi connectivity index (χ0n) is 9.34. The Morgan fingerprint density at radius 3 is 2.94 bits per heavy atom. The first-order chi connectivity index (χ1) is 8.24. The van der Waals surface area contributed by atoms with E-state index in [-0.39, 0.29) is 5.82 Å². The van der Waals surface area contributed by atoms with Crippen molar-refractivity contribution in [3.8, 4) is 0 Å². The van der Waals surface area contributed by atoms with Crippen molar-refractivity contribution in [3.05, 3.63) is 48.4 Å². The molecule has 0 spiro atoms. The van der Waals surface area contributed by atoms with E-state index in [2.05, 4.69) is 10.2 Å². The molecule has 0 aliphatic heterocycles. The van der Waals surface area contributed by atoms with Gasteiger partial charge in [0, 0.05) is 24.1 Å². The van der Waals surface area contributed by atoms with E-state index in [1.807, 2.05) is 28.4 Å². The van der Waals surface area contributed by atoms with Gasteiger partial charge in [-0.05, 0) is 24.3 Å². The average Bonchev–Trinajstić information content (AvgIpc) is 2.87. The Bertz CT molecular complexity index is 668. The van der Waals surface area contributed by atoms with Crippen LogP contribution in [0.4, 0.5) is 4.39 Å². The number of aromatic nitrogens is 4. The Kier molecular flexibility index (Phi) is 2.18. The largest absolute Gasteiger partial charge is 0.340 e. The summed E-state index contributed by atoms with van der Waals surface area (Å²) in [7, 11) is 1.90. The van der Waals surface area contributed by atoms with Gasteiger partial charge >= 0.3 is 0 Å². The molecule has 0 unspecified atom stereocenters. The van der Waals surface area contributed by atoms with E-state index in [0.717, 1.165) is 16.7 Å². The van der Waals surface area contributed by atoms with Crippen LogP contribution in [0.3, 0.4) is 0 Å². The van der Waals surface area contributed by atoms with Crippen molar-refractivity contribution in [2.75, 3.05) is 0 Å². The minimum Gasteiger partial charge on any atom is -0.340 e. The number of hydrogen-bond acceptors (Lipinski definition) is 2. The van der Waals surface area contributed by atoms with Gasteiger partial charge < -0.3 is 9.13 Å². The SMILES string of the molecule is Cn1cnnc1Cn1ccc2cc(F)ccc21. The van der Waals surface area contributed by atoms with Gasteiger partial charge in [0.15, 0.2) is 5.82 Å². The maximum atomic E-state index is 13.1. The summed E-state index contributed by atoms with van der Waals surface area (Å²) >= 11 is 0. The summed E-state index contributed by atoms with van der Waals surface area (Å²) in [6, 6.07) is 6.67. The maximum Gasteiger partial charge on any atom is 0.152 e. The van der Waals surface area contributed by atoms with Gasteiger partial charge in [0.2, 0.25) is 0 Å². The molecule has 3 rings (SSSR count). The highest BCUT2D eigenvalue weighted by molar-refractivity contribution is 5.80. The van der Waals surface area contributed by atoms with E-state index in [1.165, 1.54) is 12.1 Å². The molecule has 0 amide bonds. The van der Waals surface area contributed by atoms with E-state index >= 15 is 0 Å². The fourth-order valence-corrected chi connectivity index (χ4v) is 1.91. The van der Waals surface area contributed by atoms with Crippen LogP contribution in [-0.2, 0) is 13.6 Å². The van der Waals surface area contributed by atoms with Crippen molar-refractivity contribution in [1.29, 1.82) is 0 Å². The third-order valence-electron chi connectivity index (χ3n) is 2.85. The van der Waals surface area contributed by atoms with Crippen molar-refractivity contribution in [2.45, 2.75) is 6.54 Å². The van der Waals surface area contributed by atoms with Crippen LogP contribution in [0.25, 0.3) is 10.9 Å². The number of halogens is 1. The minimum absolute atomic E-state index is 0.214. The number of hydrogen-bond donors (Lipinski definition) is 0. The fourth-order valence-electron chi connectivity index (χ4n) is 1.91. The van der Waals surface area contributed by atoms with Gasteiger partial charge in [0.05, 0.1) is 6.54 Å². The fraction of sp³-hybridized carbons (Fsp3) is 0.167. The van der Waals surface area contributed by atoms with Crippen LogP contribution in [0.5, 0.6) is 0 Å². The quantitative estimate of drug-likeness (QED) is 0.674. The Hall–Kier alpha value is -2.17. The predicted octanol–water partition coefficient (Wildman–Crippen LogP) is 1.96. The first-order valence-corrected chi connectivity index (χ1v) is 5.31. The molecule has 1 aromatic carbocycles. The molecule has 0 aliphatic rings. The van der Waals surface area contributed by atoms with Gasteiger partial charge in [-0.1, -0.05) is 0 Å². The van der Waals surface area contributed by atoms with E-state index in [4.69, 9.17) is 0 Å². The van der Waals surface area contributed by atoms with Crippen LogP contribution in [0, 0.1) is 5.82 Å². The monoisotopic (exact) mass is 230 g/mol. The van der Waals surface area contributed by atoms with Gasteiger partial charge in [-0.25, -0.2) is 4.39 Å². The average molecular weight is 230 g/mol. The van der Waals surface area contributed by atoms with Gasteiger partial charge in [0.1, 0.15) is 12.1 Å². The number of fused-ring (bicyclic) bond motifs is 1. The van der Waals surface area contributed by atoms with Crippen LogP contribution in [0.2, 0.25) is 0 Å².